The van der Waals surface area contributed by atoms with Crippen molar-refractivity contribution in [2.45, 2.75) is 20.4 Å². The molecule has 0 amide bonds. The molecule has 3 heteroatoms. The molecule has 1 N–H and O–H groups in total. The fraction of sp³-hybridized carbons (Fsp3) is 0.300. The third kappa shape index (κ3) is 1.99. The fourth-order valence-electron chi connectivity index (χ4n) is 1.30. The van der Waals surface area contributed by atoms with E-state index in [1.165, 1.54) is 0 Å². The van der Waals surface area contributed by atoms with Gasteiger partial charge in [-0.15, -0.1) is 0 Å². The van der Waals surface area contributed by atoms with Gasteiger partial charge in [-0.05, 0) is 25.5 Å². The van der Waals surface area contributed by atoms with E-state index in [2.05, 4.69) is 6.58 Å². The van der Waals surface area contributed by atoms with Crippen LogP contribution in [0.25, 0.3) is 0 Å². The van der Waals surface area contributed by atoms with Gasteiger partial charge in [0.25, 0.3) is 0 Å². The Morgan fingerprint density at radius 1 is 1.69 bits per heavy atom. The van der Waals surface area contributed by atoms with E-state index in [4.69, 9.17) is 5.11 Å². The average molecular weight is 179 g/mol. The smallest absolute Gasteiger partial charge is 0.352 e. The van der Waals surface area contributed by atoms with Gasteiger partial charge in [0.05, 0.1) is 0 Å². The van der Waals surface area contributed by atoms with Crippen molar-refractivity contribution in [1.29, 1.82) is 0 Å². The molecule has 0 unspecified atom stereocenters. The number of rotatable bonds is 3. The predicted molar refractivity (Wildman–Crippen MR) is 50.9 cm³/mol. The van der Waals surface area contributed by atoms with Gasteiger partial charge in [0.1, 0.15) is 5.69 Å². The molecule has 0 atom stereocenters. The molecule has 13 heavy (non-hydrogen) atoms. The lowest BCUT2D eigenvalue weighted by atomic mass is 10.2. The zero-order chi connectivity index (χ0) is 10.0. The van der Waals surface area contributed by atoms with Crippen LogP contribution in [0.2, 0.25) is 0 Å². The lowest BCUT2D eigenvalue weighted by Crippen LogP contribution is -2.09. The highest BCUT2D eigenvalue weighted by atomic mass is 16.4. The van der Waals surface area contributed by atoms with Crippen LogP contribution in [0.15, 0.2) is 24.4 Å². The Bertz CT molecular complexity index is 350. The monoisotopic (exact) mass is 179 g/mol. The highest BCUT2D eigenvalue weighted by Gasteiger charge is 2.12. The molecule has 0 bridgehead atoms. The van der Waals surface area contributed by atoms with Gasteiger partial charge in [-0.1, -0.05) is 12.2 Å². The SMILES string of the molecule is C=C(C)Cn1ccc(C)c1C(=O)O. The molecule has 0 aliphatic carbocycles. The number of aromatic carboxylic acids is 1. The van der Waals surface area contributed by atoms with Crippen molar-refractivity contribution in [2.24, 2.45) is 0 Å². The van der Waals surface area contributed by atoms with Gasteiger partial charge >= 0.3 is 5.97 Å². The maximum absolute atomic E-state index is 10.8. The van der Waals surface area contributed by atoms with Crippen LogP contribution in [0.5, 0.6) is 0 Å². The number of allylic oxidation sites excluding steroid dienone is 1. The number of aromatic nitrogens is 1. The van der Waals surface area contributed by atoms with E-state index in [0.29, 0.717) is 12.2 Å². The van der Waals surface area contributed by atoms with Crippen LogP contribution in [0.4, 0.5) is 0 Å². The molecular weight excluding hydrogens is 166 g/mol. The Morgan fingerprint density at radius 2 is 2.31 bits per heavy atom. The lowest BCUT2D eigenvalue weighted by Gasteiger charge is -2.05. The summed E-state index contributed by atoms with van der Waals surface area (Å²) < 4.78 is 1.69. The number of carbonyl (C=O) groups is 1. The quantitative estimate of drug-likeness (QED) is 0.722. The molecule has 0 radical (unpaired) electrons. The van der Waals surface area contributed by atoms with Gasteiger partial charge < -0.3 is 9.67 Å². The van der Waals surface area contributed by atoms with E-state index >= 15 is 0 Å². The zero-order valence-corrected chi connectivity index (χ0v) is 7.87. The fourth-order valence-corrected chi connectivity index (χ4v) is 1.30. The van der Waals surface area contributed by atoms with E-state index in [9.17, 15) is 4.79 Å². The van der Waals surface area contributed by atoms with Crippen molar-refractivity contribution in [3.8, 4) is 0 Å². The van der Waals surface area contributed by atoms with Crippen LogP contribution < -0.4 is 0 Å². The Morgan fingerprint density at radius 3 is 2.77 bits per heavy atom. The lowest BCUT2D eigenvalue weighted by molar-refractivity contribution is 0.0685. The molecular formula is C10H13NO2. The second-order valence-corrected chi connectivity index (χ2v) is 3.24. The van der Waals surface area contributed by atoms with Crippen LogP contribution in [-0.2, 0) is 6.54 Å². The first-order valence-electron chi connectivity index (χ1n) is 4.05. The molecule has 0 fully saturated rings. The van der Waals surface area contributed by atoms with E-state index in [1.807, 2.05) is 6.92 Å². The van der Waals surface area contributed by atoms with Crippen LogP contribution in [0, 0.1) is 6.92 Å². The second-order valence-electron chi connectivity index (χ2n) is 3.24. The van der Waals surface area contributed by atoms with E-state index in [0.717, 1.165) is 11.1 Å². The van der Waals surface area contributed by atoms with Gasteiger partial charge in [0.15, 0.2) is 0 Å². The standard InChI is InChI=1S/C10H13NO2/c1-7(2)6-11-5-4-8(3)9(11)10(12)13/h4-5H,1,6H2,2-3H3,(H,12,13). The molecule has 0 saturated heterocycles. The molecule has 3 nitrogen and oxygen atoms in total. The summed E-state index contributed by atoms with van der Waals surface area (Å²) in [6, 6.07) is 1.80. The normalized spacial score (nSPS) is 10.0. The Balaban J connectivity index is 3.07. The predicted octanol–water partition coefficient (Wildman–Crippen LogP) is 2.07. The summed E-state index contributed by atoms with van der Waals surface area (Å²) in [5.74, 6) is -0.885. The zero-order valence-electron chi connectivity index (χ0n) is 7.87. The van der Waals surface area contributed by atoms with Crippen molar-refractivity contribution in [3.63, 3.8) is 0 Å². The van der Waals surface area contributed by atoms with Crippen LogP contribution in [0.1, 0.15) is 23.0 Å². The molecule has 0 aromatic carbocycles. The Labute approximate surface area is 77.3 Å². The molecule has 0 aliphatic rings. The number of carboxylic acids is 1. The summed E-state index contributed by atoms with van der Waals surface area (Å²) in [5, 5.41) is 8.90. The minimum atomic E-state index is -0.885. The molecule has 70 valence electrons. The number of carboxylic acid groups (broad SMARTS) is 1. The van der Waals surface area contributed by atoms with Gasteiger partial charge in [0.2, 0.25) is 0 Å². The average Bonchev–Trinajstić information content (AvgIpc) is 2.30. The summed E-state index contributed by atoms with van der Waals surface area (Å²) in [6.45, 7) is 7.98. The summed E-state index contributed by atoms with van der Waals surface area (Å²) in [6.07, 6.45) is 1.77. The summed E-state index contributed by atoms with van der Waals surface area (Å²) >= 11 is 0. The molecule has 1 heterocycles. The van der Waals surface area contributed by atoms with Crippen molar-refractivity contribution >= 4 is 5.97 Å². The molecule has 1 aromatic heterocycles. The molecule has 0 saturated carbocycles. The van der Waals surface area contributed by atoms with Crippen molar-refractivity contribution in [1.82, 2.24) is 4.57 Å². The third-order valence-electron chi connectivity index (χ3n) is 1.81. The molecule has 1 rings (SSSR count). The van der Waals surface area contributed by atoms with Crippen LogP contribution >= 0.6 is 0 Å². The first-order chi connectivity index (χ1) is 6.02. The van der Waals surface area contributed by atoms with Crippen LogP contribution in [-0.4, -0.2) is 15.6 Å². The number of nitrogens with zero attached hydrogens (tertiary/aromatic N) is 1. The molecule has 1 aromatic rings. The maximum Gasteiger partial charge on any atom is 0.352 e. The van der Waals surface area contributed by atoms with Crippen LogP contribution in [0.3, 0.4) is 0 Å². The maximum atomic E-state index is 10.8. The Hall–Kier alpha value is -1.51. The first kappa shape index (κ1) is 9.58. The van der Waals surface area contributed by atoms with Crippen molar-refractivity contribution in [3.05, 3.63) is 35.7 Å². The van der Waals surface area contributed by atoms with E-state index in [1.54, 1.807) is 23.8 Å². The molecule has 0 aliphatic heterocycles. The third-order valence-corrected chi connectivity index (χ3v) is 1.81. The largest absolute Gasteiger partial charge is 0.477 e. The second kappa shape index (κ2) is 3.47. The van der Waals surface area contributed by atoms with Gasteiger partial charge in [-0.25, -0.2) is 4.79 Å². The van der Waals surface area contributed by atoms with Crippen molar-refractivity contribution in [2.75, 3.05) is 0 Å². The summed E-state index contributed by atoms with van der Waals surface area (Å²) in [5.41, 5.74) is 2.08. The number of hydrogen-bond acceptors (Lipinski definition) is 1. The first-order valence-corrected chi connectivity index (χ1v) is 4.05. The minimum Gasteiger partial charge on any atom is -0.477 e. The highest BCUT2D eigenvalue weighted by molar-refractivity contribution is 5.87. The summed E-state index contributed by atoms with van der Waals surface area (Å²) in [4.78, 5) is 10.8. The van der Waals surface area contributed by atoms with Gasteiger partial charge in [0, 0.05) is 12.7 Å². The van der Waals surface area contributed by atoms with Gasteiger partial charge in [-0.3, -0.25) is 0 Å². The van der Waals surface area contributed by atoms with Crippen molar-refractivity contribution < 1.29 is 9.90 Å². The minimum absolute atomic E-state index is 0.350. The highest BCUT2D eigenvalue weighted by Crippen LogP contribution is 2.11. The Kier molecular flexibility index (Phi) is 2.56. The van der Waals surface area contributed by atoms with E-state index in [-0.39, 0.29) is 0 Å². The number of hydrogen-bond donors (Lipinski definition) is 1. The summed E-state index contributed by atoms with van der Waals surface area (Å²) in [7, 11) is 0. The molecule has 0 spiro atoms. The topological polar surface area (TPSA) is 42.2 Å². The number of aryl methyl sites for hydroxylation is 1. The van der Waals surface area contributed by atoms with Gasteiger partial charge in [-0.2, -0.15) is 0 Å². The van der Waals surface area contributed by atoms with E-state index < -0.39 is 5.97 Å².